The third-order valence-electron chi connectivity index (χ3n) is 8.65. The molecule has 5 aromatic carbocycles. The molecular weight excluding hydrogens is 530 g/mol. The summed E-state index contributed by atoms with van der Waals surface area (Å²) in [5.74, 6) is 0. The summed E-state index contributed by atoms with van der Waals surface area (Å²) < 4.78 is 11.0. The maximum Gasteiger partial charge on any atom is 0.141 e. The first-order valence-corrected chi connectivity index (χ1v) is 14.4. The van der Waals surface area contributed by atoms with Crippen LogP contribution in [0, 0.1) is 0 Å². The van der Waals surface area contributed by atoms with Gasteiger partial charge in [-0.15, -0.1) is 0 Å². The smallest absolute Gasteiger partial charge is 0.141 e. The molecule has 0 saturated heterocycles. The van der Waals surface area contributed by atoms with Crippen molar-refractivity contribution in [2.24, 2.45) is 0 Å². The van der Waals surface area contributed by atoms with Gasteiger partial charge in [-0.05, 0) is 54.6 Å². The van der Waals surface area contributed by atoms with E-state index in [9.17, 15) is 0 Å². The third-order valence-corrected chi connectivity index (χ3v) is 8.65. The molecule has 0 bridgehead atoms. The molecule has 0 radical (unpaired) electrons. The molecule has 0 N–H and O–H groups in total. The normalized spacial score (nSPS) is 12.2. The molecule has 5 aromatic heterocycles. The largest absolute Gasteiger partial charge is 0.309 e. The van der Waals surface area contributed by atoms with Gasteiger partial charge in [-0.3, -0.25) is 9.13 Å². The summed E-state index contributed by atoms with van der Waals surface area (Å²) in [6, 6.07) is 45.2. The third kappa shape index (κ3) is 2.97. The second kappa shape index (κ2) is 8.24. The molecule has 43 heavy (non-hydrogen) atoms. The first-order valence-electron chi connectivity index (χ1n) is 14.4. The zero-order valence-corrected chi connectivity index (χ0v) is 22.9. The lowest BCUT2D eigenvalue weighted by atomic mass is 10.2. The van der Waals surface area contributed by atoms with Gasteiger partial charge >= 0.3 is 0 Å². The fraction of sp³-hybridized carbons (Fsp3) is 0. The minimum Gasteiger partial charge on any atom is -0.309 e. The lowest BCUT2D eigenvalue weighted by Gasteiger charge is -2.16. The fourth-order valence-corrected chi connectivity index (χ4v) is 6.92. The highest BCUT2D eigenvalue weighted by Gasteiger charge is 2.19. The van der Waals surface area contributed by atoms with Crippen LogP contribution in [0.5, 0.6) is 0 Å². The summed E-state index contributed by atoms with van der Waals surface area (Å²) >= 11 is 0. The summed E-state index contributed by atoms with van der Waals surface area (Å²) in [7, 11) is 0. The van der Waals surface area contributed by atoms with E-state index in [2.05, 4.69) is 151 Å². The van der Waals surface area contributed by atoms with Gasteiger partial charge in [0.15, 0.2) is 0 Å². The van der Waals surface area contributed by atoms with Crippen LogP contribution in [0.3, 0.4) is 0 Å². The van der Waals surface area contributed by atoms with Gasteiger partial charge in [-0.1, -0.05) is 60.7 Å². The van der Waals surface area contributed by atoms with Gasteiger partial charge in [-0.25, -0.2) is 9.03 Å². The standard InChI is InChI=1S/C36H23N7/c1-3-11-29-27(9-1)28-10-2-4-12-30(28)39(29)24-21-25(40-31-13-5-7-15-33(31)42-35(40)17-19-37-42)23-26(22-24)41-32-14-6-8-16-34(32)43-36(41)18-20-38-43/h1-23H. The first-order chi connectivity index (χ1) is 21.3. The molecule has 0 aliphatic heterocycles. The van der Waals surface area contributed by atoms with Gasteiger partial charge in [0.05, 0.1) is 62.6 Å². The second-order valence-corrected chi connectivity index (χ2v) is 10.9. The molecule has 0 atom stereocenters. The molecule has 7 heteroatoms. The van der Waals surface area contributed by atoms with Crippen LogP contribution < -0.4 is 0 Å². The summed E-state index contributed by atoms with van der Waals surface area (Å²) in [6.45, 7) is 0. The highest BCUT2D eigenvalue weighted by Crippen LogP contribution is 2.36. The number of para-hydroxylation sites is 6. The first kappa shape index (κ1) is 22.6. The molecule has 0 aliphatic carbocycles. The Hall–Kier alpha value is -6.08. The number of hydrogen-bond acceptors (Lipinski definition) is 2. The van der Waals surface area contributed by atoms with Gasteiger partial charge in [0, 0.05) is 22.9 Å². The van der Waals surface area contributed by atoms with Crippen LogP contribution in [-0.2, 0) is 0 Å². The Morgan fingerprint density at radius 3 is 1.19 bits per heavy atom. The van der Waals surface area contributed by atoms with Gasteiger partial charge in [0.2, 0.25) is 0 Å². The van der Waals surface area contributed by atoms with Crippen molar-refractivity contribution in [2.45, 2.75) is 0 Å². The van der Waals surface area contributed by atoms with Crippen molar-refractivity contribution >= 4 is 55.2 Å². The molecule has 0 saturated carbocycles. The Kier molecular flexibility index (Phi) is 4.33. The molecule has 10 aromatic rings. The average Bonchev–Trinajstić information content (AvgIpc) is 3.86. The fourth-order valence-electron chi connectivity index (χ4n) is 6.92. The van der Waals surface area contributed by atoms with Crippen molar-refractivity contribution in [3.05, 3.63) is 140 Å². The molecule has 0 amide bonds. The van der Waals surface area contributed by atoms with Crippen LogP contribution >= 0.6 is 0 Å². The molecule has 0 aliphatic rings. The van der Waals surface area contributed by atoms with E-state index in [0.29, 0.717) is 0 Å². The molecule has 7 nitrogen and oxygen atoms in total. The van der Waals surface area contributed by atoms with E-state index in [0.717, 1.165) is 50.4 Å². The molecular formula is C36H23N7. The summed E-state index contributed by atoms with van der Waals surface area (Å²) in [4.78, 5) is 0. The molecule has 0 fully saturated rings. The summed E-state index contributed by atoms with van der Waals surface area (Å²) in [5, 5.41) is 11.8. The lowest BCUT2D eigenvalue weighted by molar-refractivity contribution is 0.985. The van der Waals surface area contributed by atoms with Crippen LogP contribution in [0.25, 0.3) is 72.2 Å². The van der Waals surface area contributed by atoms with Crippen LogP contribution in [0.1, 0.15) is 0 Å². The number of imidazole rings is 2. The monoisotopic (exact) mass is 553 g/mol. The molecule has 202 valence electrons. The average molecular weight is 554 g/mol. The van der Waals surface area contributed by atoms with Crippen molar-refractivity contribution in [3.8, 4) is 17.1 Å². The SMILES string of the molecule is c1ccc2c(c1)c1ccccc1n2-c1cc(-n2c3ccccc3n3nccc23)cc(-n2c3ccccc3n3nccc23)c1. The Morgan fingerprint density at radius 1 is 0.349 bits per heavy atom. The van der Waals surface area contributed by atoms with Gasteiger partial charge in [-0.2, -0.15) is 10.2 Å². The van der Waals surface area contributed by atoms with Crippen LogP contribution in [-0.4, -0.2) is 32.9 Å². The van der Waals surface area contributed by atoms with Crippen LogP contribution in [0.4, 0.5) is 0 Å². The number of rotatable bonds is 3. The number of fused-ring (bicyclic) bond motifs is 9. The zero-order chi connectivity index (χ0) is 28.1. The van der Waals surface area contributed by atoms with Crippen LogP contribution in [0.15, 0.2) is 140 Å². The summed E-state index contributed by atoms with van der Waals surface area (Å²) in [6.07, 6.45) is 3.73. The van der Waals surface area contributed by atoms with Crippen molar-refractivity contribution in [1.82, 2.24) is 32.9 Å². The molecule has 10 rings (SSSR count). The van der Waals surface area contributed by atoms with E-state index >= 15 is 0 Å². The molecule has 5 heterocycles. The van der Waals surface area contributed by atoms with Gasteiger partial charge in [0.1, 0.15) is 11.3 Å². The minimum absolute atomic E-state index is 1.01. The van der Waals surface area contributed by atoms with Gasteiger partial charge in [0.25, 0.3) is 0 Å². The van der Waals surface area contributed by atoms with E-state index in [1.165, 1.54) is 21.8 Å². The maximum absolute atomic E-state index is 4.67. The maximum atomic E-state index is 4.67. The molecule has 0 unspecified atom stereocenters. The minimum atomic E-state index is 1.01. The Balaban J connectivity index is 1.38. The van der Waals surface area contributed by atoms with E-state index in [4.69, 9.17) is 0 Å². The van der Waals surface area contributed by atoms with Gasteiger partial charge < -0.3 is 4.57 Å². The quantitative estimate of drug-likeness (QED) is 0.223. The predicted molar refractivity (Wildman–Crippen MR) is 172 cm³/mol. The van der Waals surface area contributed by atoms with Crippen molar-refractivity contribution in [2.75, 3.05) is 0 Å². The topological polar surface area (TPSA) is 49.4 Å². The van der Waals surface area contributed by atoms with Crippen LogP contribution in [0.2, 0.25) is 0 Å². The Labute approximate surface area is 244 Å². The van der Waals surface area contributed by atoms with Crippen molar-refractivity contribution in [1.29, 1.82) is 0 Å². The Bertz CT molecular complexity index is 2510. The van der Waals surface area contributed by atoms with E-state index < -0.39 is 0 Å². The second-order valence-electron chi connectivity index (χ2n) is 10.9. The van der Waals surface area contributed by atoms with Crippen molar-refractivity contribution < 1.29 is 0 Å². The van der Waals surface area contributed by atoms with E-state index in [1.807, 2.05) is 21.4 Å². The number of aromatic nitrogens is 7. The number of hydrogen-bond donors (Lipinski definition) is 0. The lowest BCUT2D eigenvalue weighted by Crippen LogP contribution is -2.03. The van der Waals surface area contributed by atoms with E-state index in [-0.39, 0.29) is 0 Å². The summed E-state index contributed by atoms with van der Waals surface area (Å²) in [5.41, 5.74) is 11.9. The highest BCUT2D eigenvalue weighted by atomic mass is 15.3. The number of benzene rings is 5. The Morgan fingerprint density at radius 2 is 0.721 bits per heavy atom. The zero-order valence-electron chi connectivity index (χ0n) is 22.9. The number of nitrogens with zero attached hydrogens (tertiary/aromatic N) is 7. The van der Waals surface area contributed by atoms with Crippen molar-refractivity contribution in [3.63, 3.8) is 0 Å². The predicted octanol–water partition coefficient (Wildman–Crippen LogP) is 7.97. The highest BCUT2D eigenvalue weighted by molar-refractivity contribution is 6.09. The molecule has 0 spiro atoms. The van der Waals surface area contributed by atoms with E-state index in [1.54, 1.807) is 0 Å².